The van der Waals surface area contributed by atoms with E-state index in [0.717, 1.165) is 39.2 Å². The van der Waals surface area contributed by atoms with Gasteiger partial charge >= 0.3 is 0 Å². The Hall–Kier alpha value is -1.36. The summed E-state index contributed by atoms with van der Waals surface area (Å²) >= 11 is 0. The number of nitrogens with two attached hydrogens (primary N) is 1. The number of rotatable bonds is 9. The fraction of sp³-hybridized carbons (Fsp3) is 0.500. The highest BCUT2D eigenvalue weighted by Crippen LogP contribution is 2.18. The molecule has 2 N–H and O–H groups in total. The van der Waals surface area contributed by atoms with E-state index in [1.165, 1.54) is 16.5 Å². The number of aromatic nitrogens is 1. The van der Waals surface area contributed by atoms with Crippen molar-refractivity contribution in [3.63, 3.8) is 0 Å². The van der Waals surface area contributed by atoms with Crippen molar-refractivity contribution in [3.8, 4) is 0 Å². The molecule has 110 valence electrons. The van der Waals surface area contributed by atoms with Crippen molar-refractivity contribution in [1.29, 1.82) is 0 Å². The molecule has 0 radical (unpaired) electrons. The van der Waals surface area contributed by atoms with E-state index in [2.05, 4.69) is 35.0 Å². The first-order chi connectivity index (χ1) is 9.85. The second kappa shape index (κ2) is 8.04. The van der Waals surface area contributed by atoms with Gasteiger partial charge in [0.25, 0.3) is 0 Å². The van der Waals surface area contributed by atoms with E-state index in [1.807, 2.05) is 0 Å². The van der Waals surface area contributed by atoms with Crippen LogP contribution in [0.4, 0.5) is 0 Å². The first-order valence-corrected chi connectivity index (χ1v) is 7.19. The number of methoxy groups -OCH3 is 1. The van der Waals surface area contributed by atoms with Crippen LogP contribution in [0.3, 0.4) is 0 Å². The van der Waals surface area contributed by atoms with E-state index in [0.29, 0.717) is 6.54 Å². The van der Waals surface area contributed by atoms with E-state index in [9.17, 15) is 0 Å². The summed E-state index contributed by atoms with van der Waals surface area (Å²) in [4.78, 5) is 0. The number of fused-ring (bicyclic) bond motifs is 1. The Balaban J connectivity index is 1.90. The second-order valence-corrected chi connectivity index (χ2v) is 4.90. The third-order valence-electron chi connectivity index (χ3n) is 3.38. The van der Waals surface area contributed by atoms with Gasteiger partial charge in [0, 0.05) is 38.6 Å². The largest absolute Gasteiger partial charge is 0.385 e. The maximum absolute atomic E-state index is 5.62. The molecule has 1 aromatic carbocycles. The maximum atomic E-state index is 5.62. The van der Waals surface area contributed by atoms with Gasteiger partial charge in [0.05, 0.1) is 6.61 Å². The fourth-order valence-electron chi connectivity index (χ4n) is 2.32. The fourth-order valence-corrected chi connectivity index (χ4v) is 2.32. The lowest BCUT2D eigenvalue weighted by molar-refractivity contribution is 0.0982. The van der Waals surface area contributed by atoms with Crippen LogP contribution >= 0.6 is 0 Å². The zero-order chi connectivity index (χ0) is 14.2. The maximum Gasteiger partial charge on any atom is 0.0645 e. The summed E-state index contributed by atoms with van der Waals surface area (Å²) in [5.41, 5.74) is 8.17. The van der Waals surface area contributed by atoms with Crippen molar-refractivity contribution in [2.75, 3.05) is 33.5 Å². The molecule has 2 aromatic rings. The highest BCUT2D eigenvalue weighted by Gasteiger charge is 2.02. The molecule has 1 aromatic heterocycles. The van der Waals surface area contributed by atoms with E-state index in [-0.39, 0.29) is 0 Å². The summed E-state index contributed by atoms with van der Waals surface area (Å²) < 4.78 is 12.8. The molecule has 0 fully saturated rings. The summed E-state index contributed by atoms with van der Waals surface area (Å²) in [7, 11) is 1.71. The minimum absolute atomic E-state index is 0.689. The summed E-state index contributed by atoms with van der Waals surface area (Å²) in [6.07, 6.45) is 3.99. The van der Waals surface area contributed by atoms with Crippen molar-refractivity contribution in [2.45, 2.75) is 19.4 Å². The molecule has 1 heterocycles. The zero-order valence-electron chi connectivity index (χ0n) is 12.2. The van der Waals surface area contributed by atoms with E-state index < -0.39 is 0 Å². The average Bonchev–Trinajstić information content (AvgIpc) is 2.86. The van der Waals surface area contributed by atoms with E-state index in [1.54, 1.807) is 7.11 Å². The molecule has 0 atom stereocenters. The minimum atomic E-state index is 0.689. The van der Waals surface area contributed by atoms with Crippen molar-refractivity contribution in [1.82, 2.24) is 4.57 Å². The van der Waals surface area contributed by atoms with Gasteiger partial charge in [-0.25, -0.2) is 0 Å². The molecule has 2 rings (SSSR count). The van der Waals surface area contributed by atoms with Gasteiger partial charge in [-0.15, -0.1) is 0 Å². The van der Waals surface area contributed by atoms with Crippen molar-refractivity contribution >= 4 is 10.9 Å². The molecule has 0 bridgehead atoms. The Bertz CT molecular complexity index is 522. The number of benzene rings is 1. The molecule has 0 spiro atoms. The highest BCUT2D eigenvalue weighted by atomic mass is 16.5. The SMILES string of the molecule is COCCCOCCn1ccc2ccc(CCN)cc21. The van der Waals surface area contributed by atoms with Crippen molar-refractivity contribution in [3.05, 3.63) is 36.0 Å². The predicted octanol–water partition coefficient (Wildman–Crippen LogP) is 2.20. The molecule has 0 saturated carbocycles. The summed E-state index contributed by atoms with van der Waals surface area (Å²) in [5.74, 6) is 0. The molecule has 4 heteroatoms. The minimum Gasteiger partial charge on any atom is -0.385 e. The zero-order valence-corrected chi connectivity index (χ0v) is 12.2. The summed E-state index contributed by atoms with van der Waals surface area (Å²) in [6, 6.07) is 8.69. The number of hydrogen-bond donors (Lipinski definition) is 1. The quantitative estimate of drug-likeness (QED) is 0.714. The van der Waals surface area contributed by atoms with Crippen LogP contribution in [-0.2, 0) is 22.4 Å². The summed E-state index contributed by atoms with van der Waals surface area (Å²) in [5, 5.41) is 1.27. The molecule has 0 saturated heterocycles. The van der Waals surface area contributed by atoms with Gasteiger partial charge in [0.1, 0.15) is 0 Å². The van der Waals surface area contributed by atoms with Crippen LogP contribution in [0.15, 0.2) is 30.5 Å². The van der Waals surface area contributed by atoms with Gasteiger partial charge in [-0.2, -0.15) is 0 Å². The Morgan fingerprint density at radius 1 is 1.15 bits per heavy atom. The molecule has 0 aliphatic heterocycles. The first-order valence-electron chi connectivity index (χ1n) is 7.19. The monoisotopic (exact) mass is 276 g/mol. The van der Waals surface area contributed by atoms with E-state index in [4.69, 9.17) is 15.2 Å². The third-order valence-corrected chi connectivity index (χ3v) is 3.38. The molecule has 0 aliphatic carbocycles. The molecule has 0 unspecified atom stereocenters. The summed E-state index contributed by atoms with van der Waals surface area (Å²) in [6.45, 7) is 3.81. The smallest absolute Gasteiger partial charge is 0.0645 e. The van der Waals surface area contributed by atoms with Crippen molar-refractivity contribution in [2.24, 2.45) is 5.73 Å². The predicted molar refractivity (Wildman–Crippen MR) is 82.0 cm³/mol. The Labute approximate surface area is 120 Å². The van der Waals surface area contributed by atoms with Crippen LogP contribution in [0.25, 0.3) is 10.9 Å². The van der Waals surface area contributed by atoms with Gasteiger partial charge in [0.15, 0.2) is 0 Å². The molecular formula is C16H24N2O2. The Kier molecular flexibility index (Phi) is 6.05. The van der Waals surface area contributed by atoms with Gasteiger partial charge < -0.3 is 19.8 Å². The van der Waals surface area contributed by atoms with Crippen LogP contribution in [-0.4, -0.2) is 38.0 Å². The van der Waals surface area contributed by atoms with Gasteiger partial charge in [-0.1, -0.05) is 12.1 Å². The topological polar surface area (TPSA) is 49.4 Å². The third kappa shape index (κ3) is 4.07. The van der Waals surface area contributed by atoms with Crippen LogP contribution in [0, 0.1) is 0 Å². The number of nitrogens with zero attached hydrogens (tertiary/aromatic N) is 1. The lowest BCUT2D eigenvalue weighted by Gasteiger charge is -2.08. The molecule has 20 heavy (non-hydrogen) atoms. The number of ether oxygens (including phenoxy) is 2. The average molecular weight is 276 g/mol. The standard InChI is InChI=1S/C16H24N2O2/c1-19-10-2-11-20-12-9-18-8-6-15-4-3-14(5-7-17)13-16(15)18/h3-4,6,8,13H,2,5,7,9-12,17H2,1H3. The Morgan fingerprint density at radius 2 is 2.05 bits per heavy atom. The van der Waals surface area contributed by atoms with Gasteiger partial charge in [0.2, 0.25) is 0 Å². The van der Waals surface area contributed by atoms with Gasteiger partial charge in [-0.3, -0.25) is 0 Å². The molecule has 0 aliphatic rings. The highest BCUT2D eigenvalue weighted by molar-refractivity contribution is 5.80. The van der Waals surface area contributed by atoms with Crippen molar-refractivity contribution < 1.29 is 9.47 Å². The molecule has 0 amide bonds. The van der Waals surface area contributed by atoms with Crippen LogP contribution in [0.2, 0.25) is 0 Å². The lowest BCUT2D eigenvalue weighted by atomic mass is 10.1. The van der Waals surface area contributed by atoms with Crippen LogP contribution in [0.5, 0.6) is 0 Å². The Morgan fingerprint density at radius 3 is 2.85 bits per heavy atom. The molecular weight excluding hydrogens is 252 g/mol. The van der Waals surface area contributed by atoms with Gasteiger partial charge in [-0.05, 0) is 42.5 Å². The lowest BCUT2D eigenvalue weighted by Crippen LogP contribution is -2.07. The van der Waals surface area contributed by atoms with Crippen LogP contribution in [0.1, 0.15) is 12.0 Å². The van der Waals surface area contributed by atoms with E-state index >= 15 is 0 Å². The van der Waals surface area contributed by atoms with Crippen LogP contribution < -0.4 is 5.73 Å². The molecule has 4 nitrogen and oxygen atoms in total. The normalized spacial score (nSPS) is 11.3. The number of hydrogen-bond acceptors (Lipinski definition) is 3. The first kappa shape index (κ1) is 15.0. The second-order valence-electron chi connectivity index (χ2n) is 4.90.